The number of carbonyl (C=O) groups excluding carboxylic acids is 1. The Labute approximate surface area is 126 Å². The van der Waals surface area contributed by atoms with E-state index in [0.717, 1.165) is 18.7 Å². The molecule has 2 heterocycles. The molecular formula is C15H15ClFN3O. The smallest absolute Gasteiger partial charge is 0.223 e. The van der Waals surface area contributed by atoms with Gasteiger partial charge in [-0.2, -0.15) is 5.10 Å². The zero-order valence-corrected chi connectivity index (χ0v) is 12.1. The highest BCUT2D eigenvalue weighted by Crippen LogP contribution is 2.21. The first-order valence-electron chi connectivity index (χ1n) is 6.86. The van der Waals surface area contributed by atoms with E-state index < -0.39 is 5.82 Å². The topological polar surface area (TPSA) is 46.9 Å². The predicted molar refractivity (Wildman–Crippen MR) is 77.3 cm³/mol. The first kappa shape index (κ1) is 14.1. The van der Waals surface area contributed by atoms with E-state index in [-0.39, 0.29) is 18.4 Å². The van der Waals surface area contributed by atoms with Crippen LogP contribution in [0.2, 0.25) is 5.02 Å². The highest BCUT2D eigenvalue weighted by molar-refractivity contribution is 6.31. The summed E-state index contributed by atoms with van der Waals surface area (Å²) in [7, 11) is 0. The van der Waals surface area contributed by atoms with Crippen LogP contribution < -0.4 is 5.32 Å². The van der Waals surface area contributed by atoms with Crippen LogP contribution in [-0.4, -0.2) is 15.7 Å². The number of halogens is 2. The molecule has 1 aliphatic heterocycles. The molecule has 3 rings (SSSR count). The molecule has 1 amide bonds. The van der Waals surface area contributed by atoms with E-state index in [9.17, 15) is 9.18 Å². The number of benzene rings is 1. The maximum atomic E-state index is 13.7. The molecule has 0 fully saturated rings. The Kier molecular flexibility index (Phi) is 3.92. The fraction of sp³-hybridized carbons (Fsp3) is 0.333. The molecule has 0 spiro atoms. The molecule has 0 aliphatic carbocycles. The van der Waals surface area contributed by atoms with E-state index in [1.807, 2.05) is 10.7 Å². The average molecular weight is 308 g/mol. The minimum Gasteiger partial charge on any atom is -0.352 e. The molecule has 1 aliphatic rings. The van der Waals surface area contributed by atoms with Crippen molar-refractivity contribution >= 4 is 17.5 Å². The Bertz CT molecular complexity index is 650. The van der Waals surface area contributed by atoms with Crippen molar-refractivity contribution < 1.29 is 9.18 Å². The number of rotatable bonds is 3. The summed E-state index contributed by atoms with van der Waals surface area (Å²) in [5.41, 5.74) is 1.39. The summed E-state index contributed by atoms with van der Waals surface area (Å²) in [5.74, 6) is -0.564. The van der Waals surface area contributed by atoms with Gasteiger partial charge < -0.3 is 5.32 Å². The summed E-state index contributed by atoms with van der Waals surface area (Å²) in [4.78, 5) is 12.2. The van der Waals surface area contributed by atoms with Gasteiger partial charge in [-0.05, 0) is 24.6 Å². The molecule has 110 valence electrons. The van der Waals surface area contributed by atoms with Crippen LogP contribution in [0, 0.1) is 11.7 Å². The molecule has 1 aromatic heterocycles. The average Bonchev–Trinajstić information content (AvgIpc) is 2.93. The normalized spacial score (nSPS) is 17.3. The van der Waals surface area contributed by atoms with E-state index in [0.29, 0.717) is 17.0 Å². The van der Waals surface area contributed by atoms with Crippen molar-refractivity contribution in [1.82, 2.24) is 15.1 Å². The van der Waals surface area contributed by atoms with Gasteiger partial charge in [0.1, 0.15) is 5.82 Å². The lowest BCUT2D eigenvalue weighted by atomic mass is 9.95. The number of amides is 1. The summed E-state index contributed by atoms with van der Waals surface area (Å²) in [6.07, 6.45) is 3.15. The second-order valence-electron chi connectivity index (χ2n) is 5.15. The number of nitrogens with zero attached hydrogens (tertiary/aromatic N) is 2. The van der Waals surface area contributed by atoms with Crippen molar-refractivity contribution in [3.05, 3.63) is 52.6 Å². The van der Waals surface area contributed by atoms with Crippen molar-refractivity contribution in [1.29, 1.82) is 0 Å². The van der Waals surface area contributed by atoms with Crippen LogP contribution in [0.15, 0.2) is 30.5 Å². The second kappa shape index (κ2) is 5.85. The van der Waals surface area contributed by atoms with Crippen LogP contribution >= 0.6 is 11.6 Å². The third-order valence-electron chi connectivity index (χ3n) is 3.82. The molecule has 2 aromatic rings. The maximum absolute atomic E-state index is 13.7. The van der Waals surface area contributed by atoms with Crippen molar-refractivity contribution in [3.8, 4) is 0 Å². The molecule has 1 unspecified atom stereocenters. The maximum Gasteiger partial charge on any atom is 0.223 e. The monoisotopic (exact) mass is 307 g/mol. The summed E-state index contributed by atoms with van der Waals surface area (Å²) in [5, 5.41) is 7.30. The van der Waals surface area contributed by atoms with Gasteiger partial charge in [-0.3, -0.25) is 9.48 Å². The van der Waals surface area contributed by atoms with Crippen LogP contribution in [0.1, 0.15) is 17.7 Å². The number of aryl methyl sites for hydroxylation is 1. The van der Waals surface area contributed by atoms with Crippen LogP contribution in [-0.2, 0) is 24.3 Å². The largest absolute Gasteiger partial charge is 0.352 e. The Morgan fingerprint density at radius 2 is 2.33 bits per heavy atom. The minimum absolute atomic E-state index is 0.0678. The summed E-state index contributed by atoms with van der Waals surface area (Å²) >= 11 is 5.95. The molecular weight excluding hydrogens is 293 g/mol. The molecule has 0 saturated carbocycles. The molecule has 1 aromatic carbocycles. The van der Waals surface area contributed by atoms with E-state index in [1.54, 1.807) is 18.3 Å². The Balaban J connectivity index is 1.63. The van der Waals surface area contributed by atoms with Gasteiger partial charge in [0.2, 0.25) is 5.91 Å². The lowest BCUT2D eigenvalue weighted by Gasteiger charge is -2.22. The zero-order valence-electron chi connectivity index (χ0n) is 11.4. The van der Waals surface area contributed by atoms with Gasteiger partial charge >= 0.3 is 0 Å². The van der Waals surface area contributed by atoms with E-state index in [4.69, 9.17) is 11.6 Å². The van der Waals surface area contributed by atoms with Crippen LogP contribution in [0.5, 0.6) is 0 Å². The van der Waals surface area contributed by atoms with Crippen LogP contribution in [0.25, 0.3) is 0 Å². The van der Waals surface area contributed by atoms with Gasteiger partial charge in [0.05, 0.1) is 0 Å². The van der Waals surface area contributed by atoms with Crippen LogP contribution in [0.3, 0.4) is 0 Å². The molecule has 21 heavy (non-hydrogen) atoms. The summed E-state index contributed by atoms with van der Waals surface area (Å²) < 4.78 is 15.6. The number of hydrogen-bond acceptors (Lipinski definition) is 2. The lowest BCUT2D eigenvalue weighted by molar-refractivity contribution is -0.125. The SMILES string of the molecule is O=C(NCc1c(F)cccc1Cl)C1CCn2nccc2C1. The highest BCUT2D eigenvalue weighted by atomic mass is 35.5. The molecule has 6 heteroatoms. The number of hydrogen-bond donors (Lipinski definition) is 1. The Hall–Kier alpha value is -1.88. The number of aromatic nitrogens is 2. The van der Waals surface area contributed by atoms with Gasteiger partial charge in [-0.1, -0.05) is 17.7 Å². The first-order valence-corrected chi connectivity index (χ1v) is 7.24. The summed E-state index contributed by atoms with van der Waals surface area (Å²) in [6, 6.07) is 6.43. The molecule has 1 N–H and O–H groups in total. The third-order valence-corrected chi connectivity index (χ3v) is 4.18. The van der Waals surface area contributed by atoms with E-state index in [2.05, 4.69) is 10.4 Å². The van der Waals surface area contributed by atoms with Crippen LogP contribution in [0.4, 0.5) is 4.39 Å². The zero-order chi connectivity index (χ0) is 14.8. The van der Waals surface area contributed by atoms with Gasteiger partial charge in [0, 0.05) is 47.9 Å². The van der Waals surface area contributed by atoms with Gasteiger partial charge in [-0.15, -0.1) is 0 Å². The Morgan fingerprint density at radius 3 is 3.14 bits per heavy atom. The van der Waals surface area contributed by atoms with Crippen molar-refractivity contribution in [2.75, 3.05) is 0 Å². The third kappa shape index (κ3) is 2.93. The fourth-order valence-corrected chi connectivity index (χ4v) is 2.84. The molecule has 1 atom stereocenters. The Morgan fingerprint density at radius 1 is 1.48 bits per heavy atom. The first-order chi connectivity index (χ1) is 10.1. The lowest BCUT2D eigenvalue weighted by Crippen LogP contribution is -2.35. The quantitative estimate of drug-likeness (QED) is 0.947. The molecule has 0 saturated heterocycles. The van der Waals surface area contributed by atoms with Gasteiger partial charge in [0.25, 0.3) is 0 Å². The fourth-order valence-electron chi connectivity index (χ4n) is 2.61. The van der Waals surface area contributed by atoms with E-state index in [1.165, 1.54) is 6.07 Å². The number of fused-ring (bicyclic) bond motifs is 1. The summed E-state index contributed by atoms with van der Waals surface area (Å²) in [6.45, 7) is 0.848. The molecule has 4 nitrogen and oxygen atoms in total. The molecule has 0 bridgehead atoms. The van der Waals surface area contributed by atoms with E-state index >= 15 is 0 Å². The molecule has 0 radical (unpaired) electrons. The van der Waals surface area contributed by atoms with Gasteiger partial charge in [0.15, 0.2) is 0 Å². The second-order valence-corrected chi connectivity index (χ2v) is 5.56. The van der Waals surface area contributed by atoms with Crippen molar-refractivity contribution in [3.63, 3.8) is 0 Å². The minimum atomic E-state index is -0.399. The van der Waals surface area contributed by atoms with Crippen molar-refractivity contribution in [2.24, 2.45) is 5.92 Å². The standard InChI is InChI=1S/C15H15ClFN3O/c16-13-2-1-3-14(17)12(13)9-18-15(21)10-5-7-20-11(8-10)4-6-19-20/h1-4,6,10H,5,7-9H2,(H,18,21). The highest BCUT2D eigenvalue weighted by Gasteiger charge is 2.25. The predicted octanol–water partition coefficient (Wildman–Crippen LogP) is 2.55. The van der Waals surface area contributed by atoms with Crippen molar-refractivity contribution in [2.45, 2.75) is 25.9 Å². The number of carbonyl (C=O) groups is 1. The van der Waals surface area contributed by atoms with Gasteiger partial charge in [-0.25, -0.2) is 4.39 Å². The number of nitrogens with one attached hydrogen (secondary N) is 1.